The highest BCUT2D eigenvalue weighted by Crippen LogP contribution is 2.33. The molecular formula is C14H14BrN3O2. The van der Waals surface area contributed by atoms with Gasteiger partial charge in [-0.05, 0) is 31.0 Å². The largest absolute Gasteiger partial charge is 0.337 e. The summed E-state index contributed by atoms with van der Waals surface area (Å²) < 4.78 is 6.23. The van der Waals surface area contributed by atoms with E-state index in [0.717, 1.165) is 16.5 Å². The molecule has 1 aromatic heterocycles. The van der Waals surface area contributed by atoms with Crippen molar-refractivity contribution in [3.05, 3.63) is 46.0 Å². The fourth-order valence-electron chi connectivity index (χ4n) is 2.47. The standard InChI is InChI=1S/C14H14BrN3O2/c1-9-16-14(20-17-9)12-5-6-13(19)18(12)8-10-3-2-4-11(15)7-10/h2-4,7,12H,5-6,8H2,1H3. The van der Waals surface area contributed by atoms with Gasteiger partial charge in [-0.3, -0.25) is 4.79 Å². The maximum atomic E-state index is 12.1. The molecule has 20 heavy (non-hydrogen) atoms. The molecule has 1 atom stereocenters. The summed E-state index contributed by atoms with van der Waals surface area (Å²) in [6, 6.07) is 7.84. The molecule has 104 valence electrons. The number of hydrogen-bond donors (Lipinski definition) is 0. The lowest BCUT2D eigenvalue weighted by molar-refractivity contribution is -0.129. The predicted molar refractivity (Wildman–Crippen MR) is 75.7 cm³/mol. The van der Waals surface area contributed by atoms with Crippen LogP contribution in [0.15, 0.2) is 33.3 Å². The molecule has 0 radical (unpaired) electrons. The molecule has 0 bridgehead atoms. The number of aryl methyl sites for hydroxylation is 1. The highest BCUT2D eigenvalue weighted by molar-refractivity contribution is 9.10. The Morgan fingerprint density at radius 3 is 3.05 bits per heavy atom. The number of nitrogens with zero attached hydrogens (tertiary/aromatic N) is 3. The molecule has 5 nitrogen and oxygen atoms in total. The van der Waals surface area contributed by atoms with Crippen molar-refractivity contribution in [2.24, 2.45) is 0 Å². The topological polar surface area (TPSA) is 59.2 Å². The first-order valence-corrected chi connectivity index (χ1v) is 7.27. The number of amides is 1. The number of hydrogen-bond acceptors (Lipinski definition) is 4. The Morgan fingerprint density at radius 1 is 1.50 bits per heavy atom. The van der Waals surface area contributed by atoms with Gasteiger partial charge < -0.3 is 9.42 Å². The number of rotatable bonds is 3. The molecule has 6 heteroatoms. The van der Waals surface area contributed by atoms with E-state index in [1.807, 2.05) is 29.2 Å². The Bertz CT molecular complexity index is 641. The summed E-state index contributed by atoms with van der Waals surface area (Å²) in [6.07, 6.45) is 1.26. The van der Waals surface area contributed by atoms with Crippen molar-refractivity contribution in [1.82, 2.24) is 15.0 Å². The Labute approximate surface area is 125 Å². The quantitative estimate of drug-likeness (QED) is 0.865. The number of benzene rings is 1. The molecular weight excluding hydrogens is 322 g/mol. The van der Waals surface area contributed by atoms with Crippen LogP contribution < -0.4 is 0 Å². The second-order valence-electron chi connectivity index (χ2n) is 4.89. The summed E-state index contributed by atoms with van der Waals surface area (Å²) in [4.78, 5) is 18.1. The third-order valence-corrected chi connectivity index (χ3v) is 3.89. The normalized spacial score (nSPS) is 18.8. The predicted octanol–water partition coefficient (Wildman–Crippen LogP) is 3.00. The molecule has 1 unspecified atom stereocenters. The number of carbonyl (C=O) groups is 1. The summed E-state index contributed by atoms with van der Waals surface area (Å²) in [6.45, 7) is 2.34. The van der Waals surface area contributed by atoms with Crippen LogP contribution in [-0.2, 0) is 11.3 Å². The van der Waals surface area contributed by atoms with Gasteiger partial charge in [-0.1, -0.05) is 33.2 Å². The highest BCUT2D eigenvalue weighted by atomic mass is 79.9. The molecule has 1 saturated heterocycles. The first-order valence-electron chi connectivity index (χ1n) is 6.47. The van der Waals surface area contributed by atoms with E-state index >= 15 is 0 Å². The van der Waals surface area contributed by atoms with Crippen molar-refractivity contribution in [2.75, 3.05) is 0 Å². The molecule has 0 spiro atoms. The summed E-state index contributed by atoms with van der Waals surface area (Å²) >= 11 is 3.45. The van der Waals surface area contributed by atoms with E-state index in [0.29, 0.717) is 24.7 Å². The monoisotopic (exact) mass is 335 g/mol. The molecule has 3 rings (SSSR count). The minimum atomic E-state index is -0.109. The van der Waals surface area contributed by atoms with E-state index in [1.165, 1.54) is 0 Å². The third-order valence-electron chi connectivity index (χ3n) is 3.40. The van der Waals surface area contributed by atoms with Gasteiger partial charge in [0.05, 0.1) is 0 Å². The number of likely N-dealkylation sites (tertiary alicyclic amines) is 1. The molecule has 1 aliphatic heterocycles. The van der Waals surface area contributed by atoms with Gasteiger partial charge in [0.2, 0.25) is 11.8 Å². The van der Waals surface area contributed by atoms with Crippen LogP contribution in [0.5, 0.6) is 0 Å². The Balaban J connectivity index is 1.84. The van der Waals surface area contributed by atoms with E-state index in [-0.39, 0.29) is 11.9 Å². The number of carbonyl (C=O) groups excluding carboxylic acids is 1. The van der Waals surface area contributed by atoms with Crippen LogP contribution in [0.2, 0.25) is 0 Å². The van der Waals surface area contributed by atoms with Crippen LogP contribution in [0.4, 0.5) is 0 Å². The second kappa shape index (κ2) is 5.36. The zero-order valence-electron chi connectivity index (χ0n) is 11.0. The maximum Gasteiger partial charge on any atom is 0.249 e. The summed E-state index contributed by atoms with van der Waals surface area (Å²) in [5, 5.41) is 3.81. The van der Waals surface area contributed by atoms with Crippen LogP contribution in [-0.4, -0.2) is 20.9 Å². The van der Waals surface area contributed by atoms with Gasteiger partial charge in [0, 0.05) is 17.4 Å². The van der Waals surface area contributed by atoms with Gasteiger partial charge in [-0.25, -0.2) is 0 Å². The second-order valence-corrected chi connectivity index (χ2v) is 5.80. The summed E-state index contributed by atoms with van der Waals surface area (Å²) in [5.74, 6) is 1.26. The fraction of sp³-hybridized carbons (Fsp3) is 0.357. The SMILES string of the molecule is Cc1noc(C2CCC(=O)N2Cc2cccc(Br)c2)n1. The van der Waals surface area contributed by atoms with E-state index in [2.05, 4.69) is 26.1 Å². The molecule has 0 aliphatic carbocycles. The molecule has 1 aromatic carbocycles. The molecule has 2 heterocycles. The lowest BCUT2D eigenvalue weighted by Crippen LogP contribution is -2.27. The summed E-state index contributed by atoms with van der Waals surface area (Å²) in [7, 11) is 0. The van der Waals surface area contributed by atoms with Gasteiger partial charge >= 0.3 is 0 Å². The van der Waals surface area contributed by atoms with Crippen LogP contribution in [0.25, 0.3) is 0 Å². The average Bonchev–Trinajstić information content (AvgIpc) is 2.97. The van der Waals surface area contributed by atoms with E-state index in [1.54, 1.807) is 6.92 Å². The van der Waals surface area contributed by atoms with Gasteiger partial charge in [0.1, 0.15) is 6.04 Å². The molecule has 1 fully saturated rings. The molecule has 1 amide bonds. The molecule has 0 N–H and O–H groups in total. The Morgan fingerprint density at radius 2 is 2.35 bits per heavy atom. The number of aromatic nitrogens is 2. The van der Waals surface area contributed by atoms with Crippen molar-refractivity contribution in [3.63, 3.8) is 0 Å². The lowest BCUT2D eigenvalue weighted by atomic mass is 10.2. The van der Waals surface area contributed by atoms with E-state index < -0.39 is 0 Å². The molecule has 0 saturated carbocycles. The zero-order valence-corrected chi connectivity index (χ0v) is 12.6. The first-order chi connectivity index (χ1) is 9.63. The Kier molecular flexibility index (Phi) is 3.56. The van der Waals surface area contributed by atoms with Crippen molar-refractivity contribution in [3.8, 4) is 0 Å². The van der Waals surface area contributed by atoms with Crippen molar-refractivity contribution < 1.29 is 9.32 Å². The van der Waals surface area contributed by atoms with Gasteiger partial charge in [0.15, 0.2) is 5.82 Å². The fourth-order valence-corrected chi connectivity index (χ4v) is 2.92. The summed E-state index contributed by atoms with van der Waals surface area (Å²) in [5.41, 5.74) is 1.08. The van der Waals surface area contributed by atoms with Crippen LogP contribution in [0.1, 0.15) is 36.2 Å². The average molecular weight is 336 g/mol. The van der Waals surface area contributed by atoms with Gasteiger partial charge in [-0.15, -0.1) is 0 Å². The lowest BCUT2D eigenvalue weighted by Gasteiger charge is -2.22. The van der Waals surface area contributed by atoms with Crippen molar-refractivity contribution >= 4 is 21.8 Å². The zero-order chi connectivity index (χ0) is 14.1. The highest BCUT2D eigenvalue weighted by Gasteiger charge is 2.35. The first kappa shape index (κ1) is 13.3. The van der Waals surface area contributed by atoms with E-state index in [9.17, 15) is 4.79 Å². The number of halogens is 1. The van der Waals surface area contributed by atoms with Crippen molar-refractivity contribution in [1.29, 1.82) is 0 Å². The smallest absolute Gasteiger partial charge is 0.249 e. The van der Waals surface area contributed by atoms with Gasteiger partial charge in [0.25, 0.3) is 0 Å². The van der Waals surface area contributed by atoms with Crippen LogP contribution in [0.3, 0.4) is 0 Å². The maximum absolute atomic E-state index is 12.1. The van der Waals surface area contributed by atoms with Crippen LogP contribution in [0, 0.1) is 6.92 Å². The molecule has 2 aromatic rings. The third kappa shape index (κ3) is 2.60. The minimum Gasteiger partial charge on any atom is -0.337 e. The van der Waals surface area contributed by atoms with Crippen molar-refractivity contribution in [2.45, 2.75) is 32.4 Å². The van der Waals surface area contributed by atoms with Gasteiger partial charge in [-0.2, -0.15) is 4.98 Å². The Hall–Kier alpha value is -1.69. The molecule has 1 aliphatic rings. The van der Waals surface area contributed by atoms with E-state index in [4.69, 9.17) is 4.52 Å². The van der Waals surface area contributed by atoms with Crippen LogP contribution >= 0.6 is 15.9 Å². The minimum absolute atomic E-state index is 0.109.